The summed E-state index contributed by atoms with van der Waals surface area (Å²) in [5, 5.41) is 6.66. The van der Waals surface area contributed by atoms with Gasteiger partial charge < -0.3 is 15.4 Å². The van der Waals surface area contributed by atoms with Crippen LogP contribution in [0.2, 0.25) is 0 Å². The number of ether oxygens (including phenoxy) is 1. The van der Waals surface area contributed by atoms with E-state index in [1.807, 2.05) is 7.05 Å². The zero-order valence-electron chi connectivity index (χ0n) is 12.0. The third-order valence-corrected chi connectivity index (χ3v) is 3.60. The molecular formula is C14H29N3O. The van der Waals surface area contributed by atoms with Gasteiger partial charge in [0.2, 0.25) is 0 Å². The Balaban J connectivity index is 1.97. The Morgan fingerprint density at radius 3 is 2.44 bits per heavy atom. The second-order valence-corrected chi connectivity index (χ2v) is 5.06. The summed E-state index contributed by atoms with van der Waals surface area (Å²) in [6.45, 7) is 2.74. The average molecular weight is 255 g/mol. The number of guanidine groups is 1. The Bertz CT molecular complexity index is 225. The minimum atomic E-state index is 0.797. The first-order chi connectivity index (χ1) is 8.86. The van der Waals surface area contributed by atoms with Crippen LogP contribution in [0.25, 0.3) is 0 Å². The number of hydrogen-bond acceptors (Lipinski definition) is 2. The average Bonchev–Trinajstić information content (AvgIpc) is 2.90. The fourth-order valence-electron chi connectivity index (χ4n) is 2.54. The standard InChI is InChI=1S/C14H29N3O/c1-15-14(17-11-6-12-18-2)16-10-5-9-13-7-3-4-8-13/h13H,3-12H2,1-2H3,(H2,15,16,17). The molecule has 4 heteroatoms. The van der Waals surface area contributed by atoms with E-state index in [2.05, 4.69) is 15.6 Å². The van der Waals surface area contributed by atoms with Gasteiger partial charge in [-0.25, -0.2) is 0 Å². The van der Waals surface area contributed by atoms with Crippen molar-refractivity contribution < 1.29 is 4.74 Å². The Morgan fingerprint density at radius 1 is 1.17 bits per heavy atom. The molecule has 2 N–H and O–H groups in total. The van der Waals surface area contributed by atoms with Crippen LogP contribution in [0.5, 0.6) is 0 Å². The van der Waals surface area contributed by atoms with Gasteiger partial charge in [-0.05, 0) is 25.2 Å². The monoisotopic (exact) mass is 255 g/mol. The molecule has 0 radical (unpaired) electrons. The molecule has 1 fully saturated rings. The van der Waals surface area contributed by atoms with E-state index in [0.29, 0.717) is 0 Å². The SMILES string of the molecule is CN=C(NCCCOC)NCCCC1CCCC1. The van der Waals surface area contributed by atoms with E-state index in [4.69, 9.17) is 4.74 Å². The molecule has 0 amide bonds. The van der Waals surface area contributed by atoms with Gasteiger partial charge in [0, 0.05) is 33.9 Å². The first-order valence-electron chi connectivity index (χ1n) is 7.30. The van der Waals surface area contributed by atoms with Gasteiger partial charge in [-0.15, -0.1) is 0 Å². The molecule has 0 heterocycles. The molecule has 0 bridgehead atoms. The van der Waals surface area contributed by atoms with E-state index >= 15 is 0 Å². The third kappa shape index (κ3) is 6.84. The summed E-state index contributed by atoms with van der Waals surface area (Å²) in [4.78, 5) is 4.21. The maximum atomic E-state index is 5.01. The van der Waals surface area contributed by atoms with Crippen molar-refractivity contribution in [3.8, 4) is 0 Å². The zero-order chi connectivity index (χ0) is 13.1. The van der Waals surface area contributed by atoms with Crippen molar-refractivity contribution in [1.29, 1.82) is 0 Å². The molecule has 0 aromatic carbocycles. The van der Waals surface area contributed by atoms with Crippen molar-refractivity contribution >= 4 is 5.96 Å². The second-order valence-electron chi connectivity index (χ2n) is 5.06. The van der Waals surface area contributed by atoms with E-state index < -0.39 is 0 Å². The highest BCUT2D eigenvalue weighted by Gasteiger charge is 2.13. The van der Waals surface area contributed by atoms with Gasteiger partial charge in [0.05, 0.1) is 0 Å². The quantitative estimate of drug-likeness (QED) is 0.397. The summed E-state index contributed by atoms with van der Waals surface area (Å²) in [5.41, 5.74) is 0. The van der Waals surface area contributed by atoms with Crippen LogP contribution < -0.4 is 10.6 Å². The molecule has 0 unspecified atom stereocenters. The van der Waals surface area contributed by atoms with Crippen molar-refractivity contribution in [3.63, 3.8) is 0 Å². The minimum Gasteiger partial charge on any atom is -0.385 e. The highest BCUT2D eigenvalue weighted by Crippen LogP contribution is 2.28. The largest absolute Gasteiger partial charge is 0.385 e. The van der Waals surface area contributed by atoms with Crippen LogP contribution in [0, 0.1) is 5.92 Å². The lowest BCUT2D eigenvalue weighted by atomic mass is 10.0. The van der Waals surface area contributed by atoms with Gasteiger partial charge in [-0.2, -0.15) is 0 Å². The molecule has 0 aromatic rings. The Hall–Kier alpha value is -0.770. The van der Waals surface area contributed by atoms with Crippen molar-refractivity contribution in [3.05, 3.63) is 0 Å². The Labute approximate surface area is 112 Å². The number of rotatable bonds is 8. The molecule has 1 saturated carbocycles. The number of aliphatic imine (C=N–C) groups is 1. The van der Waals surface area contributed by atoms with Crippen molar-refractivity contribution in [2.45, 2.75) is 44.9 Å². The maximum absolute atomic E-state index is 5.01. The van der Waals surface area contributed by atoms with Gasteiger partial charge in [-0.1, -0.05) is 25.7 Å². The zero-order valence-corrected chi connectivity index (χ0v) is 12.0. The molecule has 1 rings (SSSR count). The molecule has 0 atom stereocenters. The van der Waals surface area contributed by atoms with Crippen LogP contribution in [-0.2, 0) is 4.74 Å². The van der Waals surface area contributed by atoms with E-state index in [1.165, 1.54) is 38.5 Å². The van der Waals surface area contributed by atoms with Crippen molar-refractivity contribution in [1.82, 2.24) is 10.6 Å². The molecule has 1 aliphatic rings. The number of nitrogens with one attached hydrogen (secondary N) is 2. The summed E-state index contributed by atoms with van der Waals surface area (Å²) in [5.74, 6) is 1.90. The van der Waals surface area contributed by atoms with Gasteiger partial charge in [0.1, 0.15) is 0 Å². The molecule has 0 saturated heterocycles. The van der Waals surface area contributed by atoms with Crippen LogP contribution in [0.15, 0.2) is 4.99 Å². The van der Waals surface area contributed by atoms with Crippen LogP contribution >= 0.6 is 0 Å². The van der Waals surface area contributed by atoms with Crippen molar-refractivity contribution in [2.75, 3.05) is 33.9 Å². The summed E-state index contributed by atoms with van der Waals surface area (Å²) >= 11 is 0. The third-order valence-electron chi connectivity index (χ3n) is 3.60. The minimum absolute atomic E-state index is 0.797. The topological polar surface area (TPSA) is 45.7 Å². The summed E-state index contributed by atoms with van der Waals surface area (Å²) < 4.78 is 5.01. The Kier molecular flexibility index (Phi) is 8.65. The number of nitrogens with zero attached hydrogens (tertiary/aromatic N) is 1. The van der Waals surface area contributed by atoms with Gasteiger partial charge in [0.15, 0.2) is 5.96 Å². The number of methoxy groups -OCH3 is 1. The highest BCUT2D eigenvalue weighted by molar-refractivity contribution is 5.79. The molecular weight excluding hydrogens is 226 g/mol. The van der Waals surface area contributed by atoms with E-state index in [9.17, 15) is 0 Å². The van der Waals surface area contributed by atoms with Crippen LogP contribution in [0.1, 0.15) is 44.9 Å². The molecule has 0 spiro atoms. The smallest absolute Gasteiger partial charge is 0.190 e. The first kappa shape index (κ1) is 15.3. The molecule has 18 heavy (non-hydrogen) atoms. The van der Waals surface area contributed by atoms with E-state index in [-0.39, 0.29) is 0 Å². The van der Waals surface area contributed by atoms with Crippen molar-refractivity contribution in [2.24, 2.45) is 10.9 Å². The lowest BCUT2D eigenvalue weighted by molar-refractivity contribution is 0.195. The summed E-state index contributed by atoms with van der Waals surface area (Å²) in [6, 6.07) is 0. The molecule has 106 valence electrons. The fraction of sp³-hybridized carbons (Fsp3) is 0.929. The fourth-order valence-corrected chi connectivity index (χ4v) is 2.54. The summed E-state index contributed by atoms with van der Waals surface area (Å²) in [6.07, 6.45) is 9.42. The predicted molar refractivity (Wildman–Crippen MR) is 77.0 cm³/mol. The van der Waals surface area contributed by atoms with Crippen LogP contribution in [0.4, 0.5) is 0 Å². The van der Waals surface area contributed by atoms with Gasteiger partial charge in [-0.3, -0.25) is 4.99 Å². The summed E-state index contributed by atoms with van der Waals surface area (Å²) in [7, 11) is 3.55. The van der Waals surface area contributed by atoms with Crippen LogP contribution in [0.3, 0.4) is 0 Å². The van der Waals surface area contributed by atoms with Gasteiger partial charge in [0.25, 0.3) is 0 Å². The number of hydrogen-bond donors (Lipinski definition) is 2. The van der Waals surface area contributed by atoms with Crippen LogP contribution in [-0.4, -0.2) is 39.8 Å². The lowest BCUT2D eigenvalue weighted by Gasteiger charge is -2.13. The first-order valence-corrected chi connectivity index (χ1v) is 7.30. The lowest BCUT2D eigenvalue weighted by Crippen LogP contribution is -2.38. The highest BCUT2D eigenvalue weighted by atomic mass is 16.5. The Morgan fingerprint density at radius 2 is 1.83 bits per heavy atom. The molecule has 0 aliphatic heterocycles. The van der Waals surface area contributed by atoms with Gasteiger partial charge >= 0.3 is 0 Å². The normalized spacial score (nSPS) is 17.1. The molecule has 0 aromatic heterocycles. The second kappa shape index (κ2) is 10.2. The van der Waals surface area contributed by atoms with E-state index in [1.54, 1.807) is 7.11 Å². The molecule has 1 aliphatic carbocycles. The predicted octanol–water partition coefficient (Wildman–Crippen LogP) is 2.16. The molecule has 4 nitrogen and oxygen atoms in total. The maximum Gasteiger partial charge on any atom is 0.190 e. The van der Waals surface area contributed by atoms with E-state index in [0.717, 1.165) is 38.0 Å².